The maximum absolute atomic E-state index is 11.8. The smallest absolute Gasteiger partial charge is 0.254 e. The molecule has 126 valence electrons. The second kappa shape index (κ2) is 10.8. The van der Waals surface area contributed by atoms with Gasteiger partial charge in [-0.05, 0) is 24.5 Å². The van der Waals surface area contributed by atoms with Gasteiger partial charge in [-0.15, -0.1) is 12.4 Å². The van der Waals surface area contributed by atoms with Crippen LogP contribution in [0.5, 0.6) is 0 Å². The van der Waals surface area contributed by atoms with Crippen LogP contribution in [0.4, 0.5) is 0 Å². The first-order valence-corrected chi connectivity index (χ1v) is 7.47. The Balaban J connectivity index is 0.00000264. The number of furan rings is 1. The molecular weight excluding hydrogens is 316 g/mol. The standard InChI is InChI=1S/C17H22N2O3.ClH/c18-12-16-11-15(13-22-16)17(20)19-8-4-9-21-10-7-14-5-2-1-3-6-14;/h1-3,5-6,11,13H,4,7-10,12,18H2,(H,19,20);1H. The highest BCUT2D eigenvalue weighted by Gasteiger charge is 2.08. The molecule has 3 N–H and O–H groups in total. The van der Waals surface area contributed by atoms with Crippen molar-refractivity contribution in [1.82, 2.24) is 5.32 Å². The van der Waals surface area contributed by atoms with E-state index >= 15 is 0 Å². The van der Waals surface area contributed by atoms with Crippen molar-refractivity contribution >= 4 is 18.3 Å². The lowest BCUT2D eigenvalue weighted by Gasteiger charge is -2.05. The quantitative estimate of drug-likeness (QED) is 0.689. The highest BCUT2D eigenvalue weighted by Crippen LogP contribution is 2.06. The number of carbonyl (C=O) groups is 1. The lowest BCUT2D eigenvalue weighted by molar-refractivity contribution is 0.0941. The summed E-state index contributed by atoms with van der Waals surface area (Å²) in [5.74, 6) is 0.460. The lowest BCUT2D eigenvalue weighted by Crippen LogP contribution is -2.24. The molecule has 0 atom stereocenters. The number of benzene rings is 1. The fourth-order valence-electron chi connectivity index (χ4n) is 2.02. The Labute approximate surface area is 142 Å². The van der Waals surface area contributed by atoms with Crippen LogP contribution in [0.1, 0.15) is 28.1 Å². The Kier molecular flexibility index (Phi) is 9.05. The third-order valence-corrected chi connectivity index (χ3v) is 3.25. The summed E-state index contributed by atoms with van der Waals surface area (Å²) in [6.07, 6.45) is 3.11. The van der Waals surface area contributed by atoms with Gasteiger partial charge in [-0.2, -0.15) is 0 Å². The molecular formula is C17H23ClN2O3. The Morgan fingerprint density at radius 1 is 1.22 bits per heavy atom. The van der Waals surface area contributed by atoms with E-state index < -0.39 is 0 Å². The second-order valence-corrected chi connectivity index (χ2v) is 4.96. The van der Waals surface area contributed by atoms with Crippen LogP contribution in [0.15, 0.2) is 47.1 Å². The zero-order valence-electron chi connectivity index (χ0n) is 13.0. The van der Waals surface area contributed by atoms with Crippen LogP contribution < -0.4 is 11.1 Å². The molecule has 0 bridgehead atoms. The number of rotatable bonds is 9. The first kappa shape index (κ1) is 19.2. The summed E-state index contributed by atoms with van der Waals surface area (Å²) in [5.41, 5.74) is 7.21. The molecule has 6 heteroatoms. The van der Waals surface area contributed by atoms with E-state index in [0.29, 0.717) is 37.6 Å². The van der Waals surface area contributed by atoms with Crippen molar-refractivity contribution in [3.63, 3.8) is 0 Å². The van der Waals surface area contributed by atoms with Gasteiger partial charge < -0.3 is 20.2 Å². The molecule has 0 aliphatic rings. The van der Waals surface area contributed by atoms with Gasteiger partial charge in [0.2, 0.25) is 0 Å². The fourth-order valence-corrected chi connectivity index (χ4v) is 2.02. The van der Waals surface area contributed by atoms with Crippen molar-refractivity contribution in [1.29, 1.82) is 0 Å². The summed E-state index contributed by atoms with van der Waals surface area (Å²) in [6.45, 7) is 2.20. The Morgan fingerprint density at radius 3 is 2.70 bits per heavy atom. The van der Waals surface area contributed by atoms with E-state index in [0.717, 1.165) is 12.8 Å². The van der Waals surface area contributed by atoms with Crippen molar-refractivity contribution in [2.75, 3.05) is 19.8 Å². The van der Waals surface area contributed by atoms with Gasteiger partial charge in [0.1, 0.15) is 12.0 Å². The predicted octanol–water partition coefficient (Wildman–Crippen LogP) is 2.54. The lowest BCUT2D eigenvalue weighted by atomic mass is 10.2. The number of hydrogen-bond acceptors (Lipinski definition) is 4. The van der Waals surface area contributed by atoms with Gasteiger partial charge in [0.05, 0.1) is 18.7 Å². The van der Waals surface area contributed by atoms with Crippen molar-refractivity contribution in [3.8, 4) is 0 Å². The van der Waals surface area contributed by atoms with Crippen molar-refractivity contribution in [2.45, 2.75) is 19.4 Å². The van der Waals surface area contributed by atoms with Crippen LogP contribution in [0.2, 0.25) is 0 Å². The minimum absolute atomic E-state index is 0. The van der Waals surface area contributed by atoms with Crippen LogP contribution in [0.25, 0.3) is 0 Å². The van der Waals surface area contributed by atoms with E-state index in [9.17, 15) is 4.79 Å². The largest absolute Gasteiger partial charge is 0.467 e. The van der Waals surface area contributed by atoms with E-state index in [4.69, 9.17) is 14.9 Å². The predicted molar refractivity (Wildman–Crippen MR) is 91.8 cm³/mol. The van der Waals surface area contributed by atoms with E-state index in [2.05, 4.69) is 17.4 Å². The highest BCUT2D eigenvalue weighted by atomic mass is 35.5. The van der Waals surface area contributed by atoms with Crippen molar-refractivity contribution in [2.24, 2.45) is 5.73 Å². The number of ether oxygens (including phenoxy) is 1. The van der Waals surface area contributed by atoms with Gasteiger partial charge in [-0.25, -0.2) is 0 Å². The molecule has 23 heavy (non-hydrogen) atoms. The zero-order chi connectivity index (χ0) is 15.6. The van der Waals surface area contributed by atoms with E-state index in [1.165, 1.54) is 11.8 Å². The molecule has 0 radical (unpaired) electrons. The van der Waals surface area contributed by atoms with Gasteiger partial charge in [0.15, 0.2) is 0 Å². The molecule has 0 saturated carbocycles. The van der Waals surface area contributed by atoms with Crippen molar-refractivity contribution in [3.05, 3.63) is 59.5 Å². The molecule has 1 heterocycles. The van der Waals surface area contributed by atoms with Crippen LogP contribution in [-0.2, 0) is 17.7 Å². The van der Waals surface area contributed by atoms with Crippen LogP contribution in [-0.4, -0.2) is 25.7 Å². The molecule has 5 nitrogen and oxygen atoms in total. The molecule has 2 rings (SSSR count). The van der Waals surface area contributed by atoms with Gasteiger partial charge >= 0.3 is 0 Å². The number of nitrogens with two attached hydrogens (primary N) is 1. The number of nitrogens with one attached hydrogen (secondary N) is 1. The molecule has 0 aliphatic heterocycles. The minimum atomic E-state index is -0.146. The molecule has 0 aliphatic carbocycles. The summed E-state index contributed by atoms with van der Waals surface area (Å²) < 4.78 is 10.7. The molecule has 0 saturated heterocycles. The van der Waals surface area contributed by atoms with Crippen molar-refractivity contribution < 1.29 is 13.9 Å². The summed E-state index contributed by atoms with van der Waals surface area (Å²) in [5, 5.41) is 2.83. The number of carbonyl (C=O) groups excluding carboxylic acids is 1. The summed E-state index contributed by atoms with van der Waals surface area (Å²) in [7, 11) is 0. The molecule has 0 unspecified atom stereocenters. The average Bonchev–Trinajstić information content (AvgIpc) is 3.04. The maximum atomic E-state index is 11.8. The molecule has 0 fully saturated rings. The highest BCUT2D eigenvalue weighted by molar-refractivity contribution is 5.93. The minimum Gasteiger partial charge on any atom is -0.467 e. The number of halogens is 1. The third kappa shape index (κ3) is 6.86. The Bertz CT molecular complexity index is 572. The number of amides is 1. The summed E-state index contributed by atoms with van der Waals surface area (Å²) >= 11 is 0. The Hall–Kier alpha value is -1.82. The van der Waals surface area contributed by atoms with Gasteiger partial charge in [-0.3, -0.25) is 4.79 Å². The SMILES string of the molecule is Cl.NCc1cc(C(=O)NCCCOCCc2ccccc2)co1. The summed E-state index contributed by atoms with van der Waals surface area (Å²) in [4.78, 5) is 11.8. The average molecular weight is 339 g/mol. The summed E-state index contributed by atoms with van der Waals surface area (Å²) in [6, 6.07) is 11.9. The van der Waals surface area contributed by atoms with Crippen LogP contribution in [0, 0.1) is 0 Å². The third-order valence-electron chi connectivity index (χ3n) is 3.25. The van der Waals surface area contributed by atoms with E-state index in [1.54, 1.807) is 6.07 Å². The Morgan fingerprint density at radius 2 is 2.00 bits per heavy atom. The maximum Gasteiger partial charge on any atom is 0.254 e. The first-order valence-electron chi connectivity index (χ1n) is 7.47. The van der Waals surface area contributed by atoms with E-state index in [-0.39, 0.29) is 18.3 Å². The van der Waals surface area contributed by atoms with Gasteiger partial charge in [0.25, 0.3) is 5.91 Å². The molecule has 0 spiro atoms. The fraction of sp³-hybridized carbons (Fsp3) is 0.353. The van der Waals surface area contributed by atoms with Crippen LogP contribution in [0.3, 0.4) is 0 Å². The number of hydrogen-bond donors (Lipinski definition) is 2. The zero-order valence-corrected chi connectivity index (χ0v) is 13.8. The monoisotopic (exact) mass is 338 g/mol. The molecule has 2 aromatic rings. The van der Waals surface area contributed by atoms with Gasteiger partial charge in [0, 0.05) is 13.2 Å². The molecule has 1 aromatic heterocycles. The first-order chi connectivity index (χ1) is 10.8. The topological polar surface area (TPSA) is 77.5 Å². The van der Waals surface area contributed by atoms with E-state index in [1.807, 2.05) is 18.2 Å². The van der Waals surface area contributed by atoms with Gasteiger partial charge in [-0.1, -0.05) is 30.3 Å². The van der Waals surface area contributed by atoms with Crippen LogP contribution >= 0.6 is 12.4 Å². The molecule has 1 amide bonds. The normalized spacial score (nSPS) is 10.1. The second-order valence-electron chi connectivity index (χ2n) is 4.96. The molecule has 1 aromatic carbocycles.